The van der Waals surface area contributed by atoms with E-state index in [1.165, 1.54) is 37.7 Å². The highest BCUT2D eigenvalue weighted by atomic mass is 16.5. The highest BCUT2D eigenvalue weighted by Crippen LogP contribution is 2.19. The van der Waals surface area contributed by atoms with Crippen LogP contribution >= 0.6 is 0 Å². The number of aliphatic hydroxyl groups excluding tert-OH is 3. The van der Waals surface area contributed by atoms with E-state index in [4.69, 9.17) is 19.7 Å². The lowest BCUT2D eigenvalue weighted by molar-refractivity contribution is -0.0474. The molecule has 0 saturated carbocycles. The van der Waals surface area contributed by atoms with E-state index in [1.807, 2.05) is 0 Å². The Kier molecular flexibility index (Phi) is 17.3. The molecule has 0 aromatic carbocycles. The van der Waals surface area contributed by atoms with Crippen LogP contribution in [0.2, 0.25) is 0 Å². The summed E-state index contributed by atoms with van der Waals surface area (Å²) in [6.07, 6.45) is 9.22. The highest BCUT2D eigenvalue weighted by molar-refractivity contribution is 4.97. The third kappa shape index (κ3) is 18.7. The van der Waals surface area contributed by atoms with Crippen molar-refractivity contribution in [2.45, 2.75) is 84.8 Å². The lowest BCUT2D eigenvalue weighted by atomic mass is 9.94. The summed E-state index contributed by atoms with van der Waals surface area (Å²) in [4.78, 5) is 0. The zero-order valence-corrected chi connectivity index (χ0v) is 18.0. The van der Waals surface area contributed by atoms with Crippen molar-refractivity contribution in [3.05, 3.63) is 11.6 Å². The lowest BCUT2D eigenvalue weighted by Gasteiger charge is -2.13. The molecular formula is C22H44O5. The molecule has 0 aliphatic heterocycles. The number of hydrogen-bond donors (Lipinski definition) is 3. The molecule has 0 saturated heterocycles. The molecule has 3 N–H and O–H groups in total. The molecule has 0 spiro atoms. The summed E-state index contributed by atoms with van der Waals surface area (Å²) in [6.45, 7) is 9.71. The van der Waals surface area contributed by atoms with E-state index in [0.717, 1.165) is 24.7 Å². The van der Waals surface area contributed by atoms with Gasteiger partial charge < -0.3 is 24.8 Å². The zero-order valence-electron chi connectivity index (χ0n) is 18.0. The van der Waals surface area contributed by atoms with Crippen molar-refractivity contribution in [3.8, 4) is 0 Å². The van der Waals surface area contributed by atoms with Crippen molar-refractivity contribution < 1.29 is 24.8 Å². The predicted octanol–water partition coefficient (Wildman–Crippen LogP) is 3.70. The summed E-state index contributed by atoms with van der Waals surface area (Å²) < 4.78 is 10.5. The van der Waals surface area contributed by atoms with Crippen LogP contribution in [0, 0.1) is 11.8 Å². The van der Waals surface area contributed by atoms with Gasteiger partial charge in [-0.15, -0.1) is 0 Å². The Balaban J connectivity index is 3.59. The van der Waals surface area contributed by atoms with Crippen LogP contribution in [-0.4, -0.2) is 60.6 Å². The topological polar surface area (TPSA) is 79.2 Å². The van der Waals surface area contributed by atoms with E-state index in [2.05, 4.69) is 33.8 Å². The summed E-state index contributed by atoms with van der Waals surface area (Å²) >= 11 is 0. The molecule has 3 unspecified atom stereocenters. The van der Waals surface area contributed by atoms with Gasteiger partial charge in [-0.25, -0.2) is 0 Å². The Bertz CT molecular complexity index is 357. The summed E-state index contributed by atoms with van der Waals surface area (Å²) in [6, 6.07) is 0. The molecule has 0 fully saturated rings. The van der Waals surface area contributed by atoms with Crippen LogP contribution in [0.1, 0.15) is 72.6 Å². The molecule has 0 bridgehead atoms. The van der Waals surface area contributed by atoms with Crippen LogP contribution in [-0.2, 0) is 9.47 Å². The average molecular weight is 389 g/mol. The van der Waals surface area contributed by atoms with Crippen molar-refractivity contribution >= 4 is 0 Å². The van der Waals surface area contributed by atoms with Crippen molar-refractivity contribution in [2.24, 2.45) is 11.8 Å². The van der Waals surface area contributed by atoms with E-state index >= 15 is 0 Å². The van der Waals surface area contributed by atoms with E-state index in [1.54, 1.807) is 0 Å². The van der Waals surface area contributed by atoms with Crippen molar-refractivity contribution in [1.82, 2.24) is 0 Å². The van der Waals surface area contributed by atoms with Crippen LogP contribution in [0.3, 0.4) is 0 Å². The smallest absolute Gasteiger partial charge is 0.101 e. The molecule has 3 atom stereocenters. The van der Waals surface area contributed by atoms with Gasteiger partial charge in [0.05, 0.1) is 33.0 Å². The molecule has 0 rings (SSSR count). The third-order valence-electron chi connectivity index (χ3n) is 4.64. The fourth-order valence-corrected chi connectivity index (χ4v) is 2.90. The first-order valence-electron chi connectivity index (χ1n) is 10.6. The van der Waals surface area contributed by atoms with Gasteiger partial charge in [-0.1, -0.05) is 58.1 Å². The monoisotopic (exact) mass is 388 g/mol. The van der Waals surface area contributed by atoms with Gasteiger partial charge in [-0.3, -0.25) is 0 Å². The molecular weight excluding hydrogens is 344 g/mol. The summed E-state index contributed by atoms with van der Waals surface area (Å²) in [7, 11) is 0. The molecule has 0 aliphatic rings. The summed E-state index contributed by atoms with van der Waals surface area (Å²) in [5.74, 6) is 1.64. The quantitative estimate of drug-likeness (QED) is 0.246. The number of allylic oxidation sites excluding steroid dienone is 1. The van der Waals surface area contributed by atoms with Crippen LogP contribution in [0.15, 0.2) is 11.6 Å². The molecule has 0 aromatic heterocycles. The van der Waals surface area contributed by atoms with Crippen LogP contribution in [0.4, 0.5) is 0 Å². The third-order valence-corrected chi connectivity index (χ3v) is 4.64. The SMILES string of the molecule is C/C(=C\CCOCC(O)COCC(O)CO)CCCC(C)CCCC(C)C. The van der Waals surface area contributed by atoms with E-state index in [-0.39, 0.29) is 26.4 Å². The molecule has 0 radical (unpaired) electrons. The minimum absolute atomic E-state index is 0.0197. The number of hydrogen-bond acceptors (Lipinski definition) is 5. The first-order chi connectivity index (χ1) is 12.8. The van der Waals surface area contributed by atoms with Crippen molar-refractivity contribution in [2.75, 3.05) is 33.0 Å². The van der Waals surface area contributed by atoms with Crippen LogP contribution in [0.5, 0.6) is 0 Å². The lowest BCUT2D eigenvalue weighted by Crippen LogP contribution is -2.26. The summed E-state index contributed by atoms with van der Waals surface area (Å²) in [5.41, 5.74) is 1.41. The largest absolute Gasteiger partial charge is 0.394 e. The minimum Gasteiger partial charge on any atom is -0.394 e. The Labute approximate surface area is 166 Å². The molecule has 27 heavy (non-hydrogen) atoms. The Morgan fingerprint density at radius 2 is 1.52 bits per heavy atom. The van der Waals surface area contributed by atoms with Gasteiger partial charge in [-0.05, 0) is 38.0 Å². The molecule has 5 heteroatoms. The second-order valence-corrected chi connectivity index (χ2v) is 8.26. The number of rotatable bonds is 18. The normalized spacial score (nSPS) is 15.9. The number of aliphatic hydroxyl groups is 3. The second kappa shape index (κ2) is 17.6. The van der Waals surface area contributed by atoms with E-state index < -0.39 is 12.2 Å². The Morgan fingerprint density at radius 1 is 0.889 bits per heavy atom. The van der Waals surface area contributed by atoms with Crippen LogP contribution < -0.4 is 0 Å². The minimum atomic E-state index is -0.894. The van der Waals surface area contributed by atoms with Gasteiger partial charge >= 0.3 is 0 Å². The molecule has 0 heterocycles. The van der Waals surface area contributed by atoms with Gasteiger partial charge in [0.25, 0.3) is 0 Å². The maximum Gasteiger partial charge on any atom is 0.101 e. The Hall–Kier alpha value is -0.460. The first kappa shape index (κ1) is 26.5. The molecule has 0 amide bonds. The van der Waals surface area contributed by atoms with Gasteiger partial charge in [-0.2, -0.15) is 0 Å². The van der Waals surface area contributed by atoms with E-state index in [0.29, 0.717) is 6.61 Å². The Morgan fingerprint density at radius 3 is 2.19 bits per heavy atom. The van der Waals surface area contributed by atoms with E-state index in [9.17, 15) is 5.11 Å². The summed E-state index contributed by atoms with van der Waals surface area (Å²) in [5, 5.41) is 27.5. The number of ether oxygens (including phenoxy) is 2. The zero-order chi connectivity index (χ0) is 20.5. The standard InChI is InChI=1S/C22H44O5/c1-18(2)8-5-9-19(3)10-6-11-20(4)12-7-13-26-16-22(25)17-27-15-21(24)14-23/h12,18-19,21-25H,5-11,13-17H2,1-4H3/b20-12+. The van der Waals surface area contributed by atoms with Crippen molar-refractivity contribution in [1.29, 1.82) is 0 Å². The maximum atomic E-state index is 9.69. The van der Waals surface area contributed by atoms with Gasteiger partial charge in [0.1, 0.15) is 12.2 Å². The maximum absolute atomic E-state index is 9.69. The van der Waals surface area contributed by atoms with Gasteiger partial charge in [0, 0.05) is 0 Å². The fraction of sp³-hybridized carbons (Fsp3) is 0.909. The molecule has 0 aromatic rings. The fourth-order valence-electron chi connectivity index (χ4n) is 2.90. The van der Waals surface area contributed by atoms with Gasteiger partial charge in [0.2, 0.25) is 0 Å². The molecule has 0 aliphatic carbocycles. The van der Waals surface area contributed by atoms with Crippen LogP contribution in [0.25, 0.3) is 0 Å². The predicted molar refractivity (Wildman–Crippen MR) is 111 cm³/mol. The van der Waals surface area contributed by atoms with Gasteiger partial charge in [0.15, 0.2) is 0 Å². The highest BCUT2D eigenvalue weighted by Gasteiger charge is 2.07. The molecule has 162 valence electrons. The molecule has 5 nitrogen and oxygen atoms in total. The average Bonchev–Trinajstić information content (AvgIpc) is 2.60. The second-order valence-electron chi connectivity index (χ2n) is 8.26. The first-order valence-corrected chi connectivity index (χ1v) is 10.6. The van der Waals surface area contributed by atoms with Crippen molar-refractivity contribution in [3.63, 3.8) is 0 Å².